The van der Waals surface area contributed by atoms with E-state index < -0.39 is 5.91 Å². The smallest absolute Gasteiger partial charge is 0.262 e. The molecule has 7 heteroatoms. The van der Waals surface area contributed by atoms with Gasteiger partial charge in [-0.05, 0) is 37.1 Å². The molecule has 0 unspecified atom stereocenters. The topological polar surface area (TPSA) is 78.0 Å². The van der Waals surface area contributed by atoms with Gasteiger partial charge in [-0.15, -0.1) is 11.3 Å². The lowest BCUT2D eigenvalue weighted by atomic mass is 10.0. The lowest BCUT2D eigenvalue weighted by Crippen LogP contribution is -2.28. The van der Waals surface area contributed by atoms with Gasteiger partial charge >= 0.3 is 0 Å². The number of nitrogens with two attached hydrogens (primary N) is 1. The van der Waals surface area contributed by atoms with Crippen molar-refractivity contribution in [1.29, 1.82) is 0 Å². The quantitative estimate of drug-likeness (QED) is 0.686. The fourth-order valence-electron chi connectivity index (χ4n) is 3.24. The Bertz CT molecular complexity index is 1100. The Balaban J connectivity index is 2.32. The number of hydrogen-bond acceptors (Lipinski definition) is 4. The van der Waals surface area contributed by atoms with Gasteiger partial charge in [0.15, 0.2) is 0 Å². The Hall–Kier alpha value is -2.18. The molecular weight excluding hydrogens is 382 g/mol. The van der Waals surface area contributed by atoms with E-state index in [4.69, 9.17) is 22.3 Å². The Morgan fingerprint density at radius 1 is 1.33 bits per heavy atom. The van der Waals surface area contributed by atoms with Crippen LogP contribution in [-0.2, 0) is 11.3 Å². The summed E-state index contributed by atoms with van der Waals surface area (Å²) < 4.78 is 1.59. The summed E-state index contributed by atoms with van der Waals surface area (Å²) in [6.45, 7) is 8.14. The molecule has 142 valence electrons. The third kappa shape index (κ3) is 3.64. The number of aromatic nitrogens is 2. The van der Waals surface area contributed by atoms with Crippen molar-refractivity contribution in [3.8, 4) is 11.1 Å². The summed E-state index contributed by atoms with van der Waals surface area (Å²) in [5.41, 5.74) is 7.95. The number of carbonyl (C=O) groups is 1. The van der Waals surface area contributed by atoms with Gasteiger partial charge in [-0.2, -0.15) is 0 Å². The number of fused-ring (bicyclic) bond motifs is 1. The molecule has 2 heterocycles. The van der Waals surface area contributed by atoms with Crippen LogP contribution in [0.4, 0.5) is 0 Å². The summed E-state index contributed by atoms with van der Waals surface area (Å²) in [6.07, 6.45) is 0.102. The van der Waals surface area contributed by atoms with Crippen molar-refractivity contribution in [1.82, 2.24) is 9.55 Å². The minimum atomic E-state index is -0.438. The van der Waals surface area contributed by atoms with Crippen molar-refractivity contribution in [2.75, 3.05) is 0 Å². The van der Waals surface area contributed by atoms with E-state index in [2.05, 4.69) is 0 Å². The average molecular weight is 404 g/mol. The molecule has 0 saturated heterocycles. The summed E-state index contributed by atoms with van der Waals surface area (Å²) >= 11 is 7.68. The third-order valence-electron chi connectivity index (χ3n) is 4.56. The number of nitrogens with zero attached hydrogens (tertiary/aromatic N) is 2. The SMILES string of the molecule is Cc1cc(-c2c(C)sc3nc(C(C)C)n(CCC(N)=O)c(=O)c23)ccc1Cl. The van der Waals surface area contributed by atoms with E-state index in [-0.39, 0.29) is 24.4 Å². The van der Waals surface area contributed by atoms with Crippen molar-refractivity contribution in [2.45, 2.75) is 46.6 Å². The van der Waals surface area contributed by atoms with Gasteiger partial charge in [-0.25, -0.2) is 4.98 Å². The molecule has 0 atom stereocenters. The molecule has 2 N–H and O–H groups in total. The molecule has 0 aliphatic heterocycles. The van der Waals surface area contributed by atoms with Gasteiger partial charge in [0.2, 0.25) is 5.91 Å². The predicted molar refractivity (Wildman–Crippen MR) is 112 cm³/mol. The maximum absolute atomic E-state index is 13.4. The van der Waals surface area contributed by atoms with E-state index in [1.165, 1.54) is 11.3 Å². The molecule has 3 rings (SSSR count). The van der Waals surface area contributed by atoms with Gasteiger partial charge in [0.25, 0.3) is 5.56 Å². The number of halogens is 1. The zero-order chi connectivity index (χ0) is 19.9. The Morgan fingerprint density at radius 3 is 2.63 bits per heavy atom. The molecule has 0 radical (unpaired) electrons. The van der Waals surface area contributed by atoms with Crippen LogP contribution < -0.4 is 11.3 Å². The standard InChI is InChI=1S/C20H22ClN3O2S/c1-10(2)18-23-19-17(20(26)24(18)8-7-15(22)25)16(12(4)27-19)13-5-6-14(21)11(3)9-13/h5-6,9-10H,7-8H2,1-4H3,(H2,22,25). The van der Waals surface area contributed by atoms with E-state index >= 15 is 0 Å². The van der Waals surface area contributed by atoms with Crippen molar-refractivity contribution in [3.05, 3.63) is 49.8 Å². The summed E-state index contributed by atoms with van der Waals surface area (Å²) in [5.74, 6) is 0.291. The zero-order valence-electron chi connectivity index (χ0n) is 15.8. The number of primary amides is 1. The molecule has 0 aliphatic carbocycles. The monoisotopic (exact) mass is 403 g/mol. The van der Waals surface area contributed by atoms with Crippen LogP contribution in [0.2, 0.25) is 5.02 Å². The number of amides is 1. The molecule has 1 aromatic carbocycles. The summed E-state index contributed by atoms with van der Waals surface area (Å²) in [4.78, 5) is 31.2. The second-order valence-corrected chi connectivity index (χ2v) is 8.59. The highest BCUT2D eigenvalue weighted by atomic mass is 35.5. The van der Waals surface area contributed by atoms with Gasteiger partial charge in [0.05, 0.1) is 5.39 Å². The number of carbonyl (C=O) groups excluding carboxylic acids is 1. The fraction of sp³-hybridized carbons (Fsp3) is 0.350. The van der Waals surface area contributed by atoms with Crippen LogP contribution in [0.5, 0.6) is 0 Å². The van der Waals surface area contributed by atoms with Crippen LogP contribution in [0.25, 0.3) is 21.3 Å². The zero-order valence-corrected chi connectivity index (χ0v) is 17.4. The van der Waals surface area contributed by atoms with Crippen LogP contribution in [0.3, 0.4) is 0 Å². The largest absolute Gasteiger partial charge is 0.370 e. The predicted octanol–water partition coefficient (Wildman–Crippen LogP) is 4.39. The first kappa shape index (κ1) is 19.6. The molecule has 5 nitrogen and oxygen atoms in total. The molecule has 1 amide bonds. The van der Waals surface area contributed by atoms with Gasteiger partial charge in [0.1, 0.15) is 10.7 Å². The Labute approximate surface area is 166 Å². The minimum absolute atomic E-state index is 0.0543. The van der Waals surface area contributed by atoms with Crippen LogP contribution in [0, 0.1) is 13.8 Å². The minimum Gasteiger partial charge on any atom is -0.370 e. The third-order valence-corrected chi connectivity index (χ3v) is 5.99. The molecule has 2 aromatic heterocycles. The van der Waals surface area contributed by atoms with E-state index in [1.807, 2.05) is 45.9 Å². The van der Waals surface area contributed by atoms with Crippen molar-refractivity contribution < 1.29 is 4.79 Å². The second-order valence-electron chi connectivity index (χ2n) is 6.98. The first-order valence-corrected chi connectivity index (χ1v) is 9.98. The molecule has 0 fully saturated rings. The van der Waals surface area contributed by atoms with Crippen LogP contribution in [0.1, 0.15) is 42.5 Å². The maximum atomic E-state index is 13.4. The molecule has 3 aromatic rings. The fourth-order valence-corrected chi connectivity index (χ4v) is 4.40. The molecule has 0 bridgehead atoms. The number of rotatable bonds is 5. The lowest BCUT2D eigenvalue weighted by molar-refractivity contribution is -0.118. The number of aryl methyl sites for hydroxylation is 2. The summed E-state index contributed by atoms with van der Waals surface area (Å²) in [5, 5.41) is 1.28. The Morgan fingerprint density at radius 2 is 2.04 bits per heavy atom. The number of benzene rings is 1. The average Bonchev–Trinajstić information content (AvgIpc) is 2.92. The second kappa shape index (κ2) is 7.44. The van der Waals surface area contributed by atoms with Crippen molar-refractivity contribution in [3.63, 3.8) is 0 Å². The molecular formula is C20H22ClN3O2S. The van der Waals surface area contributed by atoms with Crippen LogP contribution in [-0.4, -0.2) is 15.5 Å². The highest BCUT2D eigenvalue weighted by Crippen LogP contribution is 2.37. The first-order chi connectivity index (χ1) is 12.7. The number of hydrogen-bond donors (Lipinski definition) is 1. The molecule has 0 spiro atoms. The normalized spacial score (nSPS) is 11.5. The van der Waals surface area contributed by atoms with E-state index in [1.54, 1.807) is 4.57 Å². The Kier molecular flexibility index (Phi) is 5.40. The van der Waals surface area contributed by atoms with Crippen LogP contribution in [0.15, 0.2) is 23.0 Å². The van der Waals surface area contributed by atoms with E-state index in [0.29, 0.717) is 16.2 Å². The highest BCUT2D eigenvalue weighted by molar-refractivity contribution is 7.19. The molecule has 27 heavy (non-hydrogen) atoms. The number of thiophene rings is 1. The van der Waals surface area contributed by atoms with Gasteiger partial charge in [0, 0.05) is 34.3 Å². The van der Waals surface area contributed by atoms with Gasteiger partial charge in [-0.1, -0.05) is 31.5 Å². The lowest BCUT2D eigenvalue weighted by Gasteiger charge is -2.14. The van der Waals surface area contributed by atoms with Crippen LogP contribution >= 0.6 is 22.9 Å². The maximum Gasteiger partial charge on any atom is 0.262 e. The summed E-state index contributed by atoms with van der Waals surface area (Å²) in [7, 11) is 0. The van der Waals surface area contributed by atoms with Gasteiger partial charge < -0.3 is 5.73 Å². The van der Waals surface area contributed by atoms with Crippen molar-refractivity contribution in [2.24, 2.45) is 5.73 Å². The molecule has 0 aliphatic rings. The van der Waals surface area contributed by atoms with E-state index in [0.717, 1.165) is 26.4 Å². The van der Waals surface area contributed by atoms with E-state index in [9.17, 15) is 9.59 Å². The van der Waals surface area contributed by atoms with Gasteiger partial charge in [-0.3, -0.25) is 14.2 Å². The van der Waals surface area contributed by atoms with Crippen molar-refractivity contribution >= 4 is 39.1 Å². The summed E-state index contributed by atoms with van der Waals surface area (Å²) in [6, 6.07) is 5.75. The first-order valence-electron chi connectivity index (χ1n) is 8.79. The highest BCUT2D eigenvalue weighted by Gasteiger charge is 2.21. The molecule has 0 saturated carbocycles.